The molecule has 1 aliphatic heterocycles. The average Bonchev–Trinajstić information content (AvgIpc) is 3.85. The summed E-state index contributed by atoms with van der Waals surface area (Å²) in [5, 5.41) is 3.41. The summed E-state index contributed by atoms with van der Waals surface area (Å²) in [5.41, 5.74) is 5.25. The second-order valence-corrected chi connectivity index (χ2v) is 11.3. The molecule has 3 aromatic carbocycles. The Morgan fingerprint density at radius 2 is 1.73 bits per heavy atom. The molecule has 5 rings (SSSR count). The van der Waals surface area contributed by atoms with E-state index in [0.717, 1.165) is 76.9 Å². The van der Waals surface area contributed by atoms with E-state index in [-0.39, 0.29) is 17.8 Å². The SMILES string of the molecule is COc1cc(CN(C(=O)C2=C(c3ccc(CCCOc4cc(F)ccc4Br)cc3)CCNC2)C2CC2)cc(OC)c1. The van der Waals surface area contributed by atoms with Crippen LogP contribution in [-0.4, -0.2) is 50.8 Å². The third-order valence-electron chi connectivity index (χ3n) is 7.55. The maximum atomic E-state index is 14.0. The Morgan fingerprint density at radius 1 is 1.00 bits per heavy atom. The van der Waals surface area contributed by atoms with Crippen LogP contribution in [0.2, 0.25) is 0 Å². The fourth-order valence-corrected chi connectivity index (χ4v) is 5.57. The lowest BCUT2D eigenvalue weighted by molar-refractivity contribution is -0.128. The molecule has 0 atom stereocenters. The fourth-order valence-electron chi connectivity index (χ4n) is 5.21. The minimum Gasteiger partial charge on any atom is -0.497 e. The smallest absolute Gasteiger partial charge is 0.251 e. The average molecular weight is 624 g/mol. The van der Waals surface area contributed by atoms with E-state index in [1.54, 1.807) is 20.3 Å². The van der Waals surface area contributed by atoms with Crippen LogP contribution in [0.3, 0.4) is 0 Å². The molecule has 0 saturated heterocycles. The van der Waals surface area contributed by atoms with Crippen molar-refractivity contribution in [2.75, 3.05) is 33.9 Å². The number of ether oxygens (including phenoxy) is 3. The summed E-state index contributed by atoms with van der Waals surface area (Å²) in [7, 11) is 3.27. The molecular formula is C33H36BrFN2O4. The Bertz CT molecular complexity index is 1380. The summed E-state index contributed by atoms with van der Waals surface area (Å²) in [5.74, 6) is 1.73. The van der Waals surface area contributed by atoms with Gasteiger partial charge in [0.05, 0.1) is 25.3 Å². The van der Waals surface area contributed by atoms with Gasteiger partial charge < -0.3 is 24.4 Å². The highest BCUT2D eigenvalue weighted by Gasteiger charge is 2.35. The van der Waals surface area contributed by atoms with Crippen molar-refractivity contribution >= 4 is 27.4 Å². The van der Waals surface area contributed by atoms with Crippen molar-refractivity contribution in [3.8, 4) is 17.2 Å². The molecular weight excluding hydrogens is 587 g/mol. The Kier molecular flexibility index (Phi) is 9.62. The molecule has 1 N–H and O–H groups in total. The van der Waals surface area contributed by atoms with Gasteiger partial charge in [0.15, 0.2) is 0 Å². The summed E-state index contributed by atoms with van der Waals surface area (Å²) in [6.45, 7) is 2.42. The van der Waals surface area contributed by atoms with Gasteiger partial charge in [-0.05, 0) is 101 Å². The standard InChI is InChI=1S/C33H36BrFN2O4/c1-39-27-16-23(17-28(19-27)40-2)21-37(26-10-11-26)33(38)30-20-36-14-13-29(30)24-7-5-22(6-8-24)4-3-15-41-32-18-25(35)9-12-31(32)34/h5-9,12,16-19,26,36H,3-4,10-11,13-15,20-21H2,1-2H3. The van der Waals surface area contributed by atoms with Crippen LogP contribution >= 0.6 is 15.9 Å². The largest absolute Gasteiger partial charge is 0.497 e. The zero-order chi connectivity index (χ0) is 28.8. The number of halogens is 2. The lowest BCUT2D eigenvalue weighted by Crippen LogP contribution is -2.39. The Balaban J connectivity index is 1.27. The molecule has 2 aliphatic rings. The highest BCUT2D eigenvalue weighted by molar-refractivity contribution is 9.10. The molecule has 0 radical (unpaired) electrons. The minimum absolute atomic E-state index is 0.0984. The molecule has 216 valence electrons. The monoisotopic (exact) mass is 622 g/mol. The molecule has 0 spiro atoms. The topological polar surface area (TPSA) is 60.0 Å². The number of rotatable bonds is 12. The molecule has 1 aliphatic carbocycles. The van der Waals surface area contributed by atoms with E-state index >= 15 is 0 Å². The maximum Gasteiger partial charge on any atom is 0.251 e. The quantitative estimate of drug-likeness (QED) is 0.232. The first kappa shape index (κ1) is 29.1. The number of benzene rings is 3. The minimum atomic E-state index is -0.315. The number of nitrogens with one attached hydrogen (secondary N) is 1. The molecule has 8 heteroatoms. The second kappa shape index (κ2) is 13.5. The van der Waals surface area contributed by atoms with Gasteiger partial charge in [-0.25, -0.2) is 4.39 Å². The maximum absolute atomic E-state index is 14.0. The first-order valence-electron chi connectivity index (χ1n) is 14.1. The van der Waals surface area contributed by atoms with Crippen molar-refractivity contribution in [2.45, 2.75) is 44.7 Å². The van der Waals surface area contributed by atoms with E-state index in [2.05, 4.69) is 45.5 Å². The lowest BCUT2D eigenvalue weighted by atomic mass is 9.92. The predicted molar refractivity (Wildman–Crippen MR) is 162 cm³/mol. The number of amides is 1. The molecule has 1 saturated carbocycles. The first-order chi connectivity index (χ1) is 19.9. The van der Waals surface area contributed by atoms with Gasteiger partial charge in [0.1, 0.15) is 23.1 Å². The van der Waals surface area contributed by atoms with E-state index in [9.17, 15) is 9.18 Å². The molecule has 0 bridgehead atoms. The van der Waals surface area contributed by atoms with Gasteiger partial charge in [-0.1, -0.05) is 24.3 Å². The summed E-state index contributed by atoms with van der Waals surface area (Å²) in [6, 6.07) is 19.0. The lowest BCUT2D eigenvalue weighted by Gasteiger charge is -2.28. The van der Waals surface area contributed by atoms with Crippen LogP contribution < -0.4 is 19.5 Å². The molecule has 3 aromatic rings. The van der Waals surface area contributed by atoms with Crippen molar-refractivity contribution in [3.05, 3.63) is 93.2 Å². The molecule has 6 nitrogen and oxygen atoms in total. The number of methoxy groups -OCH3 is 2. The van der Waals surface area contributed by atoms with Gasteiger partial charge in [0, 0.05) is 36.8 Å². The zero-order valence-corrected chi connectivity index (χ0v) is 25.1. The van der Waals surface area contributed by atoms with Crippen LogP contribution in [-0.2, 0) is 17.8 Å². The van der Waals surface area contributed by atoms with E-state index in [4.69, 9.17) is 14.2 Å². The molecule has 0 unspecified atom stereocenters. The third-order valence-corrected chi connectivity index (χ3v) is 8.21. The van der Waals surface area contributed by atoms with Gasteiger partial charge in [-0.15, -0.1) is 0 Å². The van der Waals surface area contributed by atoms with E-state index in [1.807, 2.05) is 23.1 Å². The molecule has 0 aromatic heterocycles. The van der Waals surface area contributed by atoms with Crippen LogP contribution in [0.1, 0.15) is 42.4 Å². The van der Waals surface area contributed by atoms with E-state index in [0.29, 0.717) is 25.4 Å². The summed E-state index contributed by atoms with van der Waals surface area (Å²) < 4.78 is 30.9. The van der Waals surface area contributed by atoms with Crippen molar-refractivity contribution in [1.29, 1.82) is 0 Å². The molecule has 41 heavy (non-hydrogen) atoms. The number of carbonyl (C=O) groups excluding carboxylic acids is 1. The Labute approximate surface area is 249 Å². The van der Waals surface area contributed by atoms with Gasteiger partial charge in [-0.3, -0.25) is 4.79 Å². The van der Waals surface area contributed by atoms with E-state index < -0.39 is 0 Å². The molecule has 1 amide bonds. The summed E-state index contributed by atoms with van der Waals surface area (Å²) in [4.78, 5) is 16.0. The van der Waals surface area contributed by atoms with Crippen molar-refractivity contribution in [3.63, 3.8) is 0 Å². The van der Waals surface area contributed by atoms with Crippen molar-refractivity contribution in [2.24, 2.45) is 0 Å². The van der Waals surface area contributed by atoms with Gasteiger partial charge >= 0.3 is 0 Å². The van der Waals surface area contributed by atoms with Crippen LogP contribution in [0, 0.1) is 5.82 Å². The number of hydrogen-bond acceptors (Lipinski definition) is 5. The predicted octanol–water partition coefficient (Wildman–Crippen LogP) is 6.56. The third kappa shape index (κ3) is 7.49. The van der Waals surface area contributed by atoms with Crippen molar-refractivity contribution in [1.82, 2.24) is 10.2 Å². The van der Waals surface area contributed by atoms with Gasteiger partial charge in [-0.2, -0.15) is 0 Å². The molecule has 1 fully saturated rings. The second-order valence-electron chi connectivity index (χ2n) is 10.5. The number of carbonyl (C=O) groups is 1. The number of hydrogen-bond donors (Lipinski definition) is 1. The number of nitrogens with zero attached hydrogens (tertiary/aromatic N) is 1. The normalized spacial score (nSPS) is 15.0. The first-order valence-corrected chi connectivity index (χ1v) is 14.9. The van der Waals surface area contributed by atoms with Gasteiger partial charge in [0.25, 0.3) is 5.91 Å². The van der Waals surface area contributed by atoms with Crippen molar-refractivity contribution < 1.29 is 23.4 Å². The number of aryl methyl sites for hydroxylation is 1. The van der Waals surface area contributed by atoms with Crippen LogP contribution in [0.5, 0.6) is 17.2 Å². The fraction of sp³-hybridized carbons (Fsp3) is 0.364. The van der Waals surface area contributed by atoms with E-state index in [1.165, 1.54) is 17.7 Å². The highest BCUT2D eigenvalue weighted by atomic mass is 79.9. The Morgan fingerprint density at radius 3 is 2.41 bits per heavy atom. The summed E-state index contributed by atoms with van der Waals surface area (Å²) >= 11 is 3.40. The van der Waals surface area contributed by atoms with Crippen LogP contribution in [0.25, 0.3) is 5.57 Å². The van der Waals surface area contributed by atoms with Crippen LogP contribution in [0.4, 0.5) is 4.39 Å². The zero-order valence-electron chi connectivity index (χ0n) is 23.6. The van der Waals surface area contributed by atoms with Crippen LogP contribution in [0.15, 0.2) is 70.7 Å². The van der Waals surface area contributed by atoms with Gasteiger partial charge in [0.2, 0.25) is 0 Å². The summed E-state index contributed by atoms with van der Waals surface area (Å²) in [6.07, 6.45) is 4.51. The highest BCUT2D eigenvalue weighted by Crippen LogP contribution is 2.34. The Hall–Kier alpha value is -3.36. The molecule has 1 heterocycles.